The number of hydrogen-bond donors (Lipinski definition) is 0. The number of para-hydroxylation sites is 1. The molecule has 0 unspecified atom stereocenters. The van der Waals surface area contributed by atoms with E-state index in [1.807, 2.05) is 0 Å². The number of hydrogen-bond acceptors (Lipinski definition) is 3. The second-order valence-corrected chi connectivity index (χ2v) is 11.7. The molecule has 1 aromatic carbocycles. The van der Waals surface area contributed by atoms with Gasteiger partial charge in [-0.1, -0.05) is 44.7 Å². The summed E-state index contributed by atoms with van der Waals surface area (Å²) in [6, 6.07) is 7.15. The topological polar surface area (TPSA) is 47.4 Å². The van der Waals surface area contributed by atoms with Crippen molar-refractivity contribution in [1.82, 2.24) is 14.5 Å². The summed E-state index contributed by atoms with van der Waals surface area (Å²) in [7, 11) is 0. The van der Waals surface area contributed by atoms with Crippen molar-refractivity contribution in [3.05, 3.63) is 29.6 Å². The van der Waals surface area contributed by atoms with Crippen LogP contribution < -0.4 is 0 Å². The summed E-state index contributed by atoms with van der Waals surface area (Å²) in [5, 5.41) is 0. The van der Waals surface area contributed by atoms with Gasteiger partial charge in [-0.05, 0) is 81.8 Å². The minimum Gasteiger partial charge on any atom is -0.381 e. The number of benzene rings is 1. The van der Waals surface area contributed by atoms with Gasteiger partial charge >= 0.3 is 0 Å². The van der Waals surface area contributed by atoms with Crippen LogP contribution in [-0.4, -0.2) is 46.2 Å². The molecule has 5 nitrogen and oxygen atoms in total. The minimum absolute atomic E-state index is 0.325. The van der Waals surface area contributed by atoms with Crippen molar-refractivity contribution >= 4 is 16.9 Å². The number of imidazole rings is 1. The lowest BCUT2D eigenvalue weighted by Gasteiger charge is -2.34. The Kier molecular flexibility index (Phi) is 8.66. The molecule has 3 aliphatic rings. The lowest BCUT2D eigenvalue weighted by molar-refractivity contribution is -0.134. The summed E-state index contributed by atoms with van der Waals surface area (Å²) >= 11 is 0. The number of aromatic nitrogens is 2. The number of aryl methyl sites for hydroxylation is 1. The molecule has 5 heteroatoms. The fourth-order valence-electron chi connectivity index (χ4n) is 7.20. The SMILES string of the molecule is CCN(C(=O)CCn1c2cccc(C[C@H]3CCOC3)c2nc1[C@H]1CC[C@H](CC)CC1)C1CCCCC1. The molecule has 1 amide bonds. The lowest BCUT2D eigenvalue weighted by Crippen LogP contribution is -2.41. The van der Waals surface area contributed by atoms with E-state index in [4.69, 9.17) is 9.72 Å². The molecule has 1 atom stereocenters. The van der Waals surface area contributed by atoms with E-state index in [0.29, 0.717) is 30.2 Å². The highest BCUT2D eigenvalue weighted by Crippen LogP contribution is 2.38. The molecular formula is C31H47N3O2. The van der Waals surface area contributed by atoms with E-state index in [1.54, 1.807) is 0 Å². The average Bonchev–Trinajstić information content (AvgIpc) is 3.57. The van der Waals surface area contributed by atoms with Gasteiger partial charge in [0.1, 0.15) is 5.82 Å². The van der Waals surface area contributed by atoms with Crippen LogP contribution >= 0.6 is 0 Å². The van der Waals surface area contributed by atoms with Gasteiger partial charge in [-0.3, -0.25) is 4.79 Å². The Labute approximate surface area is 218 Å². The molecule has 0 N–H and O–H groups in total. The highest BCUT2D eigenvalue weighted by Gasteiger charge is 2.29. The lowest BCUT2D eigenvalue weighted by atomic mass is 9.80. The summed E-state index contributed by atoms with van der Waals surface area (Å²) in [5.41, 5.74) is 3.76. The number of nitrogens with zero attached hydrogens (tertiary/aromatic N) is 3. The largest absolute Gasteiger partial charge is 0.381 e. The Hall–Kier alpha value is -1.88. The zero-order valence-electron chi connectivity index (χ0n) is 22.7. The van der Waals surface area contributed by atoms with Gasteiger partial charge in [0.05, 0.1) is 11.0 Å². The molecule has 3 fully saturated rings. The molecule has 36 heavy (non-hydrogen) atoms. The quantitative estimate of drug-likeness (QED) is 0.383. The second kappa shape index (κ2) is 12.1. The zero-order chi connectivity index (χ0) is 24.9. The second-order valence-electron chi connectivity index (χ2n) is 11.7. The highest BCUT2D eigenvalue weighted by molar-refractivity contribution is 5.81. The molecule has 5 rings (SSSR count). The molecular weight excluding hydrogens is 446 g/mol. The third-order valence-corrected chi connectivity index (χ3v) is 9.44. The van der Waals surface area contributed by atoms with Crippen molar-refractivity contribution in [2.45, 2.75) is 116 Å². The highest BCUT2D eigenvalue weighted by atomic mass is 16.5. The molecule has 0 bridgehead atoms. The monoisotopic (exact) mass is 493 g/mol. The Morgan fingerprint density at radius 1 is 1.03 bits per heavy atom. The van der Waals surface area contributed by atoms with Gasteiger partial charge in [0.15, 0.2) is 0 Å². The van der Waals surface area contributed by atoms with Gasteiger partial charge < -0.3 is 14.2 Å². The molecule has 0 radical (unpaired) electrons. The van der Waals surface area contributed by atoms with Gasteiger partial charge in [0, 0.05) is 44.7 Å². The molecule has 1 aromatic heterocycles. The fourth-order valence-corrected chi connectivity index (χ4v) is 7.20. The number of fused-ring (bicyclic) bond motifs is 1. The molecule has 2 aliphatic carbocycles. The fraction of sp³-hybridized carbons (Fsp3) is 0.742. The average molecular weight is 494 g/mol. The van der Waals surface area contributed by atoms with Crippen LogP contribution in [0.5, 0.6) is 0 Å². The van der Waals surface area contributed by atoms with Gasteiger partial charge in [-0.2, -0.15) is 0 Å². The normalized spacial score (nSPS) is 25.4. The van der Waals surface area contributed by atoms with Crippen molar-refractivity contribution in [2.75, 3.05) is 19.8 Å². The summed E-state index contributed by atoms with van der Waals surface area (Å²) in [6.07, 6.45) is 15.3. The predicted octanol–water partition coefficient (Wildman–Crippen LogP) is 6.87. The Morgan fingerprint density at radius 3 is 2.53 bits per heavy atom. The molecule has 198 valence electrons. The van der Waals surface area contributed by atoms with Crippen molar-refractivity contribution in [3.63, 3.8) is 0 Å². The Bertz CT molecular complexity index is 995. The molecule has 0 spiro atoms. The number of carbonyl (C=O) groups is 1. The smallest absolute Gasteiger partial charge is 0.224 e. The summed E-state index contributed by atoms with van der Waals surface area (Å²) in [6.45, 7) is 7.81. The van der Waals surface area contributed by atoms with E-state index in [2.05, 4.69) is 41.5 Å². The van der Waals surface area contributed by atoms with Crippen molar-refractivity contribution in [3.8, 4) is 0 Å². The van der Waals surface area contributed by atoms with E-state index in [1.165, 1.54) is 86.6 Å². The summed E-state index contributed by atoms with van der Waals surface area (Å²) in [4.78, 5) is 21.0. The van der Waals surface area contributed by atoms with Crippen LogP contribution in [0.25, 0.3) is 11.0 Å². The first-order valence-electron chi connectivity index (χ1n) is 15.0. The minimum atomic E-state index is 0.325. The number of amides is 1. The maximum atomic E-state index is 13.4. The van der Waals surface area contributed by atoms with E-state index in [9.17, 15) is 4.79 Å². The molecule has 1 saturated heterocycles. The third-order valence-electron chi connectivity index (χ3n) is 9.44. The Morgan fingerprint density at radius 2 is 1.83 bits per heavy atom. The zero-order valence-corrected chi connectivity index (χ0v) is 22.7. The van der Waals surface area contributed by atoms with E-state index in [-0.39, 0.29) is 0 Å². The van der Waals surface area contributed by atoms with Crippen LogP contribution in [0.2, 0.25) is 0 Å². The van der Waals surface area contributed by atoms with E-state index in [0.717, 1.165) is 45.1 Å². The number of rotatable bonds is 9. The van der Waals surface area contributed by atoms with Gasteiger partial charge in [-0.15, -0.1) is 0 Å². The summed E-state index contributed by atoms with van der Waals surface area (Å²) in [5.74, 6) is 3.54. The van der Waals surface area contributed by atoms with Gasteiger partial charge in [0.25, 0.3) is 0 Å². The Balaban J connectivity index is 1.40. The van der Waals surface area contributed by atoms with Crippen LogP contribution in [0, 0.1) is 11.8 Å². The predicted molar refractivity (Wildman–Crippen MR) is 146 cm³/mol. The maximum Gasteiger partial charge on any atom is 0.224 e. The first-order chi connectivity index (χ1) is 17.7. The van der Waals surface area contributed by atoms with E-state index < -0.39 is 0 Å². The standard InChI is InChI=1S/C31H47N3O2/c1-3-23-13-15-25(16-14-23)31-32-30-26(21-24-18-20-36-22-24)9-8-12-28(30)34(31)19-17-29(35)33(4-2)27-10-6-5-7-11-27/h8-9,12,23-25,27H,3-7,10-11,13-22H2,1-2H3/t23-,24-,25-/m1/s1. The van der Waals surface area contributed by atoms with Crippen LogP contribution in [0.15, 0.2) is 18.2 Å². The van der Waals surface area contributed by atoms with E-state index >= 15 is 0 Å². The molecule has 2 aromatic rings. The number of ether oxygens (including phenoxy) is 1. The van der Waals surface area contributed by atoms with Crippen LogP contribution in [0.4, 0.5) is 0 Å². The number of carbonyl (C=O) groups excluding carboxylic acids is 1. The van der Waals surface area contributed by atoms with Crippen LogP contribution in [0.1, 0.15) is 108 Å². The summed E-state index contributed by atoms with van der Waals surface area (Å²) < 4.78 is 8.10. The van der Waals surface area contributed by atoms with Crippen molar-refractivity contribution in [1.29, 1.82) is 0 Å². The van der Waals surface area contributed by atoms with Crippen molar-refractivity contribution in [2.24, 2.45) is 11.8 Å². The molecule has 2 heterocycles. The first kappa shape index (κ1) is 25.8. The third kappa shape index (κ3) is 5.66. The van der Waals surface area contributed by atoms with Gasteiger partial charge in [-0.25, -0.2) is 4.98 Å². The van der Waals surface area contributed by atoms with Crippen LogP contribution in [0.3, 0.4) is 0 Å². The maximum absolute atomic E-state index is 13.4. The van der Waals surface area contributed by atoms with Gasteiger partial charge in [0.2, 0.25) is 5.91 Å². The van der Waals surface area contributed by atoms with Crippen LogP contribution in [-0.2, 0) is 22.5 Å². The molecule has 1 aliphatic heterocycles. The molecule has 2 saturated carbocycles. The first-order valence-corrected chi connectivity index (χ1v) is 15.0. The van der Waals surface area contributed by atoms with Crippen molar-refractivity contribution < 1.29 is 9.53 Å².